The van der Waals surface area contributed by atoms with Crippen molar-refractivity contribution in [2.75, 3.05) is 13.1 Å². The number of carbonyl (C=O) groups is 1. The molecule has 104 valence electrons. The van der Waals surface area contributed by atoms with Crippen LogP contribution in [0.3, 0.4) is 0 Å². The Bertz CT molecular complexity index is 617. The molecule has 1 amide bonds. The Balaban J connectivity index is 1.77. The van der Waals surface area contributed by atoms with Crippen LogP contribution in [0.25, 0.3) is 5.69 Å². The summed E-state index contributed by atoms with van der Waals surface area (Å²) >= 11 is 0. The number of nitrogens with two attached hydrogens (primary N) is 1. The number of hydrogen-bond acceptors (Lipinski definition) is 3. The van der Waals surface area contributed by atoms with Crippen LogP contribution in [0.4, 0.5) is 0 Å². The van der Waals surface area contributed by atoms with Gasteiger partial charge in [-0.3, -0.25) is 4.79 Å². The minimum absolute atomic E-state index is 0.0566. The normalized spacial score (nSPS) is 18.5. The van der Waals surface area contributed by atoms with Crippen LogP contribution >= 0.6 is 0 Å². The Morgan fingerprint density at radius 1 is 1.35 bits per heavy atom. The lowest BCUT2D eigenvalue weighted by Gasteiger charge is -2.15. The summed E-state index contributed by atoms with van der Waals surface area (Å²) in [6, 6.07) is 7.63. The standard InChI is InChI=1S/C15H18N4O/c1-11-8-17-19(9-11)14-4-2-12(3-5-14)15(20)18-7-6-13(16)10-18/h2-5,8-9,13H,6-7,10,16H2,1H3. The third-order valence-electron chi connectivity index (χ3n) is 3.60. The quantitative estimate of drug-likeness (QED) is 0.896. The van der Waals surface area contributed by atoms with Crippen molar-refractivity contribution < 1.29 is 4.79 Å². The molecule has 3 rings (SSSR count). The second-order valence-electron chi connectivity index (χ2n) is 5.31. The van der Waals surface area contributed by atoms with Crippen molar-refractivity contribution in [2.24, 2.45) is 5.73 Å². The number of amides is 1. The van der Waals surface area contributed by atoms with Gasteiger partial charge >= 0.3 is 0 Å². The van der Waals surface area contributed by atoms with Gasteiger partial charge < -0.3 is 10.6 Å². The lowest BCUT2D eigenvalue weighted by Crippen LogP contribution is -2.31. The maximum Gasteiger partial charge on any atom is 0.253 e. The van der Waals surface area contributed by atoms with Gasteiger partial charge in [0.05, 0.1) is 11.9 Å². The van der Waals surface area contributed by atoms with Gasteiger partial charge in [0.25, 0.3) is 5.91 Å². The summed E-state index contributed by atoms with van der Waals surface area (Å²) in [7, 11) is 0. The van der Waals surface area contributed by atoms with E-state index in [4.69, 9.17) is 5.73 Å². The summed E-state index contributed by atoms with van der Waals surface area (Å²) in [6.45, 7) is 3.40. The van der Waals surface area contributed by atoms with Crippen LogP contribution in [0.2, 0.25) is 0 Å². The maximum absolute atomic E-state index is 12.3. The molecule has 1 atom stereocenters. The van der Waals surface area contributed by atoms with Crippen LogP contribution in [-0.4, -0.2) is 39.7 Å². The highest BCUT2D eigenvalue weighted by molar-refractivity contribution is 5.94. The Hall–Kier alpha value is -2.14. The molecule has 2 heterocycles. The third-order valence-corrected chi connectivity index (χ3v) is 3.60. The SMILES string of the molecule is Cc1cnn(-c2ccc(C(=O)N3CCC(N)C3)cc2)c1. The Morgan fingerprint density at radius 2 is 2.10 bits per heavy atom. The predicted octanol–water partition coefficient (Wildman–Crippen LogP) is 1.35. The van der Waals surface area contributed by atoms with E-state index in [-0.39, 0.29) is 11.9 Å². The minimum atomic E-state index is 0.0566. The van der Waals surface area contributed by atoms with Crippen molar-refractivity contribution in [3.63, 3.8) is 0 Å². The molecule has 0 bridgehead atoms. The molecule has 2 aromatic rings. The molecule has 5 heteroatoms. The average Bonchev–Trinajstić information content (AvgIpc) is 3.07. The van der Waals surface area contributed by atoms with Gasteiger partial charge in [-0.05, 0) is 43.2 Å². The molecule has 1 aliphatic heterocycles. The van der Waals surface area contributed by atoms with Crippen molar-refractivity contribution in [1.29, 1.82) is 0 Å². The second-order valence-corrected chi connectivity index (χ2v) is 5.31. The number of carbonyl (C=O) groups excluding carboxylic acids is 1. The highest BCUT2D eigenvalue weighted by Gasteiger charge is 2.24. The highest BCUT2D eigenvalue weighted by Crippen LogP contribution is 2.15. The maximum atomic E-state index is 12.3. The zero-order valence-corrected chi connectivity index (χ0v) is 11.5. The van der Waals surface area contributed by atoms with Gasteiger partial charge in [-0.15, -0.1) is 0 Å². The first kappa shape index (κ1) is 12.9. The van der Waals surface area contributed by atoms with E-state index in [1.54, 1.807) is 4.68 Å². The minimum Gasteiger partial charge on any atom is -0.337 e. The van der Waals surface area contributed by atoms with Crippen LogP contribution in [0, 0.1) is 6.92 Å². The topological polar surface area (TPSA) is 64.2 Å². The highest BCUT2D eigenvalue weighted by atomic mass is 16.2. The van der Waals surface area contributed by atoms with Crippen LogP contribution in [0.1, 0.15) is 22.3 Å². The van der Waals surface area contributed by atoms with Crippen LogP contribution in [-0.2, 0) is 0 Å². The molecule has 20 heavy (non-hydrogen) atoms. The number of benzene rings is 1. The molecular formula is C15H18N4O. The van der Waals surface area contributed by atoms with Gasteiger partial charge in [-0.2, -0.15) is 5.10 Å². The Kier molecular flexibility index (Phi) is 3.28. The fourth-order valence-electron chi connectivity index (χ4n) is 2.47. The van der Waals surface area contributed by atoms with Crippen molar-refractivity contribution >= 4 is 5.91 Å². The number of aryl methyl sites for hydroxylation is 1. The molecule has 5 nitrogen and oxygen atoms in total. The molecule has 1 aromatic heterocycles. The summed E-state index contributed by atoms with van der Waals surface area (Å²) in [5, 5.41) is 4.25. The van der Waals surface area contributed by atoms with E-state index in [9.17, 15) is 4.79 Å². The summed E-state index contributed by atoms with van der Waals surface area (Å²) in [4.78, 5) is 14.1. The fourth-order valence-corrected chi connectivity index (χ4v) is 2.47. The van der Waals surface area contributed by atoms with E-state index in [2.05, 4.69) is 5.10 Å². The van der Waals surface area contributed by atoms with Crippen molar-refractivity contribution in [1.82, 2.24) is 14.7 Å². The van der Waals surface area contributed by atoms with Crippen LogP contribution in [0.15, 0.2) is 36.7 Å². The molecule has 1 fully saturated rings. The van der Waals surface area contributed by atoms with Crippen molar-refractivity contribution in [3.05, 3.63) is 47.8 Å². The van der Waals surface area contributed by atoms with Gasteiger partial charge in [0.2, 0.25) is 0 Å². The average molecular weight is 270 g/mol. The van der Waals surface area contributed by atoms with E-state index >= 15 is 0 Å². The first-order chi connectivity index (χ1) is 9.63. The van der Waals surface area contributed by atoms with E-state index in [1.807, 2.05) is 48.5 Å². The Morgan fingerprint density at radius 3 is 2.65 bits per heavy atom. The second kappa shape index (κ2) is 5.09. The third kappa shape index (κ3) is 2.44. The number of aromatic nitrogens is 2. The molecule has 0 radical (unpaired) electrons. The zero-order chi connectivity index (χ0) is 14.1. The number of hydrogen-bond donors (Lipinski definition) is 1. The van der Waals surface area contributed by atoms with Crippen molar-refractivity contribution in [3.8, 4) is 5.69 Å². The molecule has 1 aliphatic rings. The molecule has 2 N–H and O–H groups in total. The van der Waals surface area contributed by atoms with E-state index in [0.717, 1.165) is 24.2 Å². The lowest BCUT2D eigenvalue weighted by atomic mass is 10.2. The van der Waals surface area contributed by atoms with E-state index in [0.29, 0.717) is 12.1 Å². The van der Waals surface area contributed by atoms with Gasteiger partial charge in [0.1, 0.15) is 0 Å². The van der Waals surface area contributed by atoms with E-state index in [1.165, 1.54) is 0 Å². The zero-order valence-electron chi connectivity index (χ0n) is 11.5. The summed E-state index contributed by atoms with van der Waals surface area (Å²) in [6.07, 6.45) is 4.65. The molecular weight excluding hydrogens is 252 g/mol. The van der Waals surface area contributed by atoms with Crippen LogP contribution < -0.4 is 5.73 Å². The first-order valence-electron chi connectivity index (χ1n) is 6.80. The summed E-state index contributed by atoms with van der Waals surface area (Å²) in [5.74, 6) is 0.0566. The molecule has 1 saturated heterocycles. The fraction of sp³-hybridized carbons (Fsp3) is 0.333. The van der Waals surface area contributed by atoms with Gasteiger partial charge in [0, 0.05) is 30.9 Å². The summed E-state index contributed by atoms with van der Waals surface area (Å²) in [5.41, 5.74) is 8.60. The van der Waals surface area contributed by atoms with Crippen molar-refractivity contribution in [2.45, 2.75) is 19.4 Å². The lowest BCUT2D eigenvalue weighted by molar-refractivity contribution is 0.0791. The smallest absolute Gasteiger partial charge is 0.253 e. The molecule has 0 aliphatic carbocycles. The number of rotatable bonds is 2. The number of nitrogens with zero attached hydrogens (tertiary/aromatic N) is 3. The van der Waals surface area contributed by atoms with Gasteiger partial charge in [-0.25, -0.2) is 4.68 Å². The predicted molar refractivity (Wildman–Crippen MR) is 76.8 cm³/mol. The molecule has 1 aromatic carbocycles. The monoisotopic (exact) mass is 270 g/mol. The Labute approximate surface area is 118 Å². The van der Waals surface area contributed by atoms with E-state index < -0.39 is 0 Å². The molecule has 0 saturated carbocycles. The van der Waals surface area contributed by atoms with Crippen LogP contribution in [0.5, 0.6) is 0 Å². The van der Waals surface area contributed by atoms with Gasteiger partial charge in [-0.1, -0.05) is 0 Å². The molecule has 0 spiro atoms. The molecule has 1 unspecified atom stereocenters. The largest absolute Gasteiger partial charge is 0.337 e. The summed E-state index contributed by atoms with van der Waals surface area (Å²) < 4.78 is 1.80. The first-order valence-corrected chi connectivity index (χ1v) is 6.80. The van der Waals surface area contributed by atoms with Gasteiger partial charge in [0.15, 0.2) is 0 Å². The number of likely N-dealkylation sites (tertiary alicyclic amines) is 1.